The SMILES string of the molecule is COc1ccccc1CN1CCN(C(=O)CC(C)NC(=O)C2CCCC2)CC1. The molecule has 0 spiro atoms. The molecule has 6 nitrogen and oxygen atoms in total. The van der Waals surface area contributed by atoms with Crippen molar-refractivity contribution in [3.05, 3.63) is 29.8 Å². The van der Waals surface area contributed by atoms with Gasteiger partial charge in [-0.2, -0.15) is 0 Å². The molecule has 2 aliphatic rings. The van der Waals surface area contributed by atoms with Crippen LogP contribution in [0, 0.1) is 5.92 Å². The monoisotopic (exact) mass is 387 g/mol. The molecule has 0 radical (unpaired) electrons. The number of hydrogen-bond donors (Lipinski definition) is 1. The maximum absolute atomic E-state index is 12.6. The van der Waals surface area contributed by atoms with Crippen molar-refractivity contribution < 1.29 is 14.3 Å². The number of hydrogen-bond acceptors (Lipinski definition) is 4. The van der Waals surface area contributed by atoms with Crippen molar-refractivity contribution in [2.45, 2.75) is 51.6 Å². The second-order valence-electron chi connectivity index (χ2n) is 8.06. The molecule has 3 rings (SSSR count). The first kappa shape index (κ1) is 20.6. The minimum atomic E-state index is -0.104. The number of amides is 2. The summed E-state index contributed by atoms with van der Waals surface area (Å²) in [5, 5.41) is 3.04. The van der Waals surface area contributed by atoms with Gasteiger partial charge in [-0.05, 0) is 25.8 Å². The average molecular weight is 388 g/mol. The van der Waals surface area contributed by atoms with Crippen LogP contribution < -0.4 is 10.1 Å². The van der Waals surface area contributed by atoms with Crippen LogP contribution in [0.25, 0.3) is 0 Å². The summed E-state index contributed by atoms with van der Waals surface area (Å²) >= 11 is 0. The van der Waals surface area contributed by atoms with E-state index in [1.54, 1.807) is 7.11 Å². The van der Waals surface area contributed by atoms with E-state index in [9.17, 15) is 9.59 Å². The van der Waals surface area contributed by atoms with Gasteiger partial charge in [0.1, 0.15) is 5.75 Å². The first-order valence-corrected chi connectivity index (χ1v) is 10.5. The Kier molecular flexibility index (Phi) is 7.31. The van der Waals surface area contributed by atoms with Crippen molar-refractivity contribution in [1.29, 1.82) is 0 Å². The van der Waals surface area contributed by atoms with Gasteiger partial charge in [-0.15, -0.1) is 0 Å². The van der Waals surface area contributed by atoms with E-state index in [0.29, 0.717) is 6.42 Å². The number of nitrogens with zero attached hydrogens (tertiary/aromatic N) is 2. The number of methoxy groups -OCH3 is 1. The van der Waals surface area contributed by atoms with Crippen molar-refractivity contribution in [2.24, 2.45) is 5.92 Å². The molecule has 1 saturated carbocycles. The summed E-state index contributed by atoms with van der Waals surface area (Å²) in [7, 11) is 1.70. The van der Waals surface area contributed by atoms with E-state index in [0.717, 1.165) is 64.2 Å². The maximum atomic E-state index is 12.6. The molecule has 28 heavy (non-hydrogen) atoms. The number of piperazine rings is 1. The van der Waals surface area contributed by atoms with Crippen molar-refractivity contribution in [3.63, 3.8) is 0 Å². The number of carbonyl (C=O) groups is 2. The van der Waals surface area contributed by atoms with Crippen LogP contribution >= 0.6 is 0 Å². The van der Waals surface area contributed by atoms with Crippen molar-refractivity contribution >= 4 is 11.8 Å². The molecule has 2 fully saturated rings. The smallest absolute Gasteiger partial charge is 0.224 e. The van der Waals surface area contributed by atoms with Crippen LogP contribution in [0.2, 0.25) is 0 Å². The zero-order chi connectivity index (χ0) is 19.9. The Morgan fingerprint density at radius 1 is 1.14 bits per heavy atom. The fourth-order valence-electron chi connectivity index (χ4n) is 4.22. The van der Waals surface area contributed by atoms with Crippen LogP contribution in [0.15, 0.2) is 24.3 Å². The summed E-state index contributed by atoms with van der Waals surface area (Å²) in [5.41, 5.74) is 1.17. The minimum absolute atomic E-state index is 0.104. The number of para-hydroxylation sites is 1. The molecule has 1 aromatic rings. The lowest BCUT2D eigenvalue weighted by atomic mass is 10.1. The van der Waals surface area contributed by atoms with Gasteiger partial charge < -0.3 is 15.0 Å². The highest BCUT2D eigenvalue weighted by Crippen LogP contribution is 2.25. The first-order valence-electron chi connectivity index (χ1n) is 10.5. The third kappa shape index (κ3) is 5.47. The van der Waals surface area contributed by atoms with E-state index in [4.69, 9.17) is 4.74 Å². The normalized spacial score (nSPS) is 19.4. The highest BCUT2D eigenvalue weighted by atomic mass is 16.5. The summed E-state index contributed by atoms with van der Waals surface area (Å²) in [6, 6.07) is 7.97. The molecular formula is C22H33N3O3. The summed E-state index contributed by atoms with van der Waals surface area (Å²) in [6.45, 7) is 5.94. The molecule has 1 aliphatic heterocycles. The molecule has 1 atom stereocenters. The van der Waals surface area contributed by atoms with Gasteiger partial charge in [0.2, 0.25) is 11.8 Å². The lowest BCUT2D eigenvalue weighted by Crippen LogP contribution is -2.49. The van der Waals surface area contributed by atoms with E-state index in [-0.39, 0.29) is 23.8 Å². The highest BCUT2D eigenvalue weighted by Gasteiger charge is 2.26. The number of rotatable bonds is 7. The molecule has 0 bridgehead atoms. The Labute approximate surface area is 168 Å². The predicted octanol–water partition coefficient (Wildman–Crippen LogP) is 2.42. The highest BCUT2D eigenvalue weighted by molar-refractivity contribution is 5.81. The number of nitrogens with one attached hydrogen (secondary N) is 1. The Bertz CT molecular complexity index is 665. The average Bonchev–Trinajstić information content (AvgIpc) is 3.24. The zero-order valence-corrected chi connectivity index (χ0v) is 17.2. The fraction of sp³-hybridized carbons (Fsp3) is 0.636. The molecule has 1 aromatic carbocycles. The van der Waals surface area contributed by atoms with Crippen LogP contribution in [0.5, 0.6) is 5.75 Å². The quantitative estimate of drug-likeness (QED) is 0.781. The van der Waals surface area contributed by atoms with Crippen molar-refractivity contribution in [2.75, 3.05) is 33.3 Å². The zero-order valence-electron chi connectivity index (χ0n) is 17.2. The summed E-state index contributed by atoms with van der Waals surface area (Å²) < 4.78 is 5.43. The van der Waals surface area contributed by atoms with Crippen molar-refractivity contribution in [1.82, 2.24) is 15.1 Å². The molecule has 6 heteroatoms. The molecule has 1 saturated heterocycles. The maximum Gasteiger partial charge on any atom is 0.224 e. The van der Waals surface area contributed by atoms with Gasteiger partial charge in [-0.3, -0.25) is 14.5 Å². The van der Waals surface area contributed by atoms with Gasteiger partial charge in [0.25, 0.3) is 0 Å². The van der Waals surface area contributed by atoms with Crippen molar-refractivity contribution in [3.8, 4) is 5.75 Å². The third-order valence-corrected chi connectivity index (χ3v) is 5.91. The molecule has 1 aliphatic carbocycles. The Hall–Kier alpha value is -2.08. The van der Waals surface area contributed by atoms with Gasteiger partial charge in [0, 0.05) is 56.7 Å². The van der Waals surface area contributed by atoms with Gasteiger partial charge in [-0.1, -0.05) is 31.0 Å². The molecule has 1 N–H and O–H groups in total. The largest absolute Gasteiger partial charge is 0.496 e. The van der Waals surface area contributed by atoms with Crippen LogP contribution in [-0.4, -0.2) is 60.9 Å². The molecule has 0 aromatic heterocycles. The lowest BCUT2D eigenvalue weighted by molar-refractivity contribution is -0.133. The molecule has 1 heterocycles. The second-order valence-corrected chi connectivity index (χ2v) is 8.06. The van der Waals surface area contributed by atoms with Crippen LogP contribution in [0.4, 0.5) is 0 Å². The van der Waals surface area contributed by atoms with Crippen LogP contribution in [0.3, 0.4) is 0 Å². The number of benzene rings is 1. The fourth-order valence-corrected chi connectivity index (χ4v) is 4.22. The Morgan fingerprint density at radius 3 is 2.50 bits per heavy atom. The number of carbonyl (C=O) groups excluding carboxylic acids is 2. The first-order chi connectivity index (χ1) is 13.6. The lowest BCUT2D eigenvalue weighted by Gasteiger charge is -2.35. The standard InChI is InChI=1S/C22H33N3O3/c1-17(23-22(27)18-7-3-4-8-18)15-21(26)25-13-11-24(12-14-25)16-19-9-5-6-10-20(19)28-2/h5-6,9-10,17-18H,3-4,7-8,11-16H2,1-2H3,(H,23,27). The summed E-state index contributed by atoms with van der Waals surface area (Å²) in [4.78, 5) is 29.1. The third-order valence-electron chi connectivity index (χ3n) is 5.91. The Balaban J connectivity index is 1.41. The minimum Gasteiger partial charge on any atom is -0.496 e. The van der Waals surface area contributed by atoms with E-state index >= 15 is 0 Å². The van der Waals surface area contributed by atoms with E-state index < -0.39 is 0 Å². The van der Waals surface area contributed by atoms with Crippen LogP contribution in [0.1, 0.15) is 44.6 Å². The second kappa shape index (κ2) is 9.92. The van der Waals surface area contributed by atoms with E-state index in [1.165, 1.54) is 5.56 Å². The molecule has 1 unspecified atom stereocenters. The topological polar surface area (TPSA) is 61.9 Å². The number of ether oxygens (including phenoxy) is 1. The molecule has 2 amide bonds. The Morgan fingerprint density at radius 2 is 1.82 bits per heavy atom. The summed E-state index contributed by atoms with van der Waals surface area (Å²) in [5.74, 6) is 1.32. The molecular weight excluding hydrogens is 354 g/mol. The van der Waals surface area contributed by atoms with Crippen LogP contribution in [-0.2, 0) is 16.1 Å². The summed E-state index contributed by atoms with van der Waals surface area (Å²) in [6.07, 6.45) is 4.64. The van der Waals surface area contributed by atoms with Gasteiger partial charge in [0.15, 0.2) is 0 Å². The van der Waals surface area contributed by atoms with E-state index in [2.05, 4.69) is 16.3 Å². The van der Waals surface area contributed by atoms with E-state index in [1.807, 2.05) is 30.0 Å². The van der Waals surface area contributed by atoms with Gasteiger partial charge in [0.05, 0.1) is 7.11 Å². The van der Waals surface area contributed by atoms with Gasteiger partial charge >= 0.3 is 0 Å². The predicted molar refractivity (Wildman–Crippen MR) is 109 cm³/mol. The van der Waals surface area contributed by atoms with Gasteiger partial charge in [-0.25, -0.2) is 0 Å². The molecule has 154 valence electrons.